The predicted octanol–water partition coefficient (Wildman–Crippen LogP) is 3.95. The number of carbonyl (C=O) groups excluding carboxylic acids is 1. The molecule has 1 fully saturated rings. The Bertz CT molecular complexity index is 1520. The van der Waals surface area contributed by atoms with E-state index in [1.165, 1.54) is 19.2 Å². The highest BCUT2D eigenvalue weighted by Crippen LogP contribution is 2.37. The number of aryl methyl sites for hydroxylation is 1. The van der Waals surface area contributed by atoms with E-state index in [1.54, 1.807) is 0 Å². The van der Waals surface area contributed by atoms with Crippen LogP contribution in [0.15, 0.2) is 47.3 Å². The maximum atomic E-state index is 14.3. The molecule has 5 rings (SSSR count). The van der Waals surface area contributed by atoms with Crippen molar-refractivity contribution in [3.63, 3.8) is 0 Å². The molecule has 3 heterocycles. The summed E-state index contributed by atoms with van der Waals surface area (Å²) < 4.78 is 31.2. The van der Waals surface area contributed by atoms with Gasteiger partial charge in [-0.3, -0.25) is 9.59 Å². The van der Waals surface area contributed by atoms with Gasteiger partial charge in [0, 0.05) is 32.1 Å². The maximum Gasteiger partial charge on any atom is 0.276 e. The third kappa shape index (κ3) is 4.89. The summed E-state index contributed by atoms with van der Waals surface area (Å²) in [5, 5.41) is 6.86. The molecule has 0 bridgehead atoms. The lowest BCUT2D eigenvalue weighted by Crippen LogP contribution is -2.27. The fourth-order valence-corrected chi connectivity index (χ4v) is 4.71. The van der Waals surface area contributed by atoms with Crippen LogP contribution in [-0.2, 0) is 7.05 Å². The molecule has 0 saturated carbocycles. The minimum absolute atomic E-state index is 0.159. The second kappa shape index (κ2) is 11.1. The van der Waals surface area contributed by atoms with Gasteiger partial charge in [-0.2, -0.15) is 9.78 Å². The minimum Gasteiger partial charge on any atom is -0.368 e. The number of nitrogens with one attached hydrogen (secondary N) is 1. The zero-order valence-electron chi connectivity index (χ0n) is 21.8. The molecule has 9 nitrogen and oxygen atoms in total. The van der Waals surface area contributed by atoms with Gasteiger partial charge in [0.1, 0.15) is 22.7 Å². The Morgan fingerprint density at radius 1 is 1.00 bits per heavy atom. The van der Waals surface area contributed by atoms with Crippen molar-refractivity contribution in [2.24, 2.45) is 12.8 Å². The van der Waals surface area contributed by atoms with Gasteiger partial charge < -0.3 is 20.5 Å². The summed E-state index contributed by atoms with van der Waals surface area (Å²) in [6.45, 7) is 5.84. The van der Waals surface area contributed by atoms with Crippen LogP contribution in [0.3, 0.4) is 0 Å². The van der Waals surface area contributed by atoms with E-state index in [4.69, 9.17) is 4.98 Å². The van der Waals surface area contributed by atoms with Crippen molar-refractivity contribution in [3.05, 3.63) is 76.0 Å². The summed E-state index contributed by atoms with van der Waals surface area (Å²) in [5.41, 5.74) is 6.09. The highest BCUT2D eigenvalue weighted by molar-refractivity contribution is 6.08. The molecule has 0 atom stereocenters. The molecule has 11 heteroatoms. The van der Waals surface area contributed by atoms with Crippen molar-refractivity contribution < 1.29 is 13.6 Å². The van der Waals surface area contributed by atoms with Crippen LogP contribution in [0.4, 0.5) is 20.2 Å². The van der Waals surface area contributed by atoms with Gasteiger partial charge in [-0.05, 0) is 50.2 Å². The second-order valence-corrected chi connectivity index (χ2v) is 9.20. The number of hydrogen-bond donors (Lipinski definition) is 2. The van der Waals surface area contributed by atoms with Gasteiger partial charge in [0.15, 0.2) is 11.6 Å². The highest BCUT2D eigenvalue weighted by Gasteiger charge is 2.25. The first-order valence-corrected chi connectivity index (χ1v) is 12.4. The molecule has 4 aromatic rings. The number of carbonyl (C=O) groups is 1. The summed E-state index contributed by atoms with van der Waals surface area (Å²) in [6.07, 6.45) is 2.07. The highest BCUT2D eigenvalue weighted by atomic mass is 19.1. The SMILES string of the molecule is CC(C)c1nc2c(N3CCCC3)c(NC(=O)c3ccc(=O)n(-c4c(F)cccc4F)n3)ccc2n1C.CN. The van der Waals surface area contributed by atoms with Gasteiger partial charge in [-0.15, -0.1) is 0 Å². The van der Waals surface area contributed by atoms with E-state index in [1.807, 2.05) is 19.2 Å². The number of anilines is 2. The molecule has 38 heavy (non-hydrogen) atoms. The number of imidazole rings is 1. The van der Waals surface area contributed by atoms with Crippen LogP contribution >= 0.6 is 0 Å². The van der Waals surface area contributed by atoms with E-state index >= 15 is 0 Å². The Labute approximate surface area is 218 Å². The molecule has 0 aliphatic carbocycles. The molecule has 1 amide bonds. The van der Waals surface area contributed by atoms with Crippen molar-refractivity contribution in [1.29, 1.82) is 0 Å². The Kier molecular flexibility index (Phi) is 7.86. The van der Waals surface area contributed by atoms with Crippen LogP contribution in [0.1, 0.15) is 48.9 Å². The van der Waals surface area contributed by atoms with E-state index < -0.39 is 28.8 Å². The molecule has 1 aliphatic heterocycles. The van der Waals surface area contributed by atoms with E-state index in [2.05, 4.69) is 39.5 Å². The molecule has 0 spiro atoms. The van der Waals surface area contributed by atoms with Gasteiger partial charge in [-0.1, -0.05) is 19.9 Å². The van der Waals surface area contributed by atoms with Crippen molar-refractivity contribution >= 4 is 28.3 Å². The first-order chi connectivity index (χ1) is 18.3. The van der Waals surface area contributed by atoms with Gasteiger partial charge in [-0.25, -0.2) is 13.8 Å². The average Bonchev–Trinajstić information content (AvgIpc) is 3.54. The quantitative estimate of drug-likeness (QED) is 0.410. The number of nitrogens with two attached hydrogens (primary N) is 1. The van der Waals surface area contributed by atoms with Crippen LogP contribution in [0, 0.1) is 11.6 Å². The topological polar surface area (TPSA) is 111 Å². The molecule has 200 valence electrons. The number of rotatable bonds is 5. The van der Waals surface area contributed by atoms with Gasteiger partial charge in [0.2, 0.25) is 0 Å². The maximum absolute atomic E-state index is 14.3. The normalized spacial score (nSPS) is 13.1. The Hall–Kier alpha value is -4.12. The third-order valence-electron chi connectivity index (χ3n) is 6.43. The molecule has 2 aromatic heterocycles. The summed E-state index contributed by atoms with van der Waals surface area (Å²) in [7, 11) is 3.48. The smallest absolute Gasteiger partial charge is 0.276 e. The van der Waals surface area contributed by atoms with Gasteiger partial charge >= 0.3 is 0 Å². The van der Waals surface area contributed by atoms with Crippen molar-refractivity contribution in [2.45, 2.75) is 32.6 Å². The fraction of sp³-hybridized carbons (Fsp3) is 0.333. The van der Waals surface area contributed by atoms with Crippen LogP contribution in [0.5, 0.6) is 0 Å². The average molecular weight is 524 g/mol. The van der Waals surface area contributed by atoms with E-state index in [0.29, 0.717) is 10.4 Å². The molecule has 1 saturated heterocycles. The zero-order chi connectivity index (χ0) is 27.6. The van der Waals surface area contributed by atoms with E-state index in [9.17, 15) is 18.4 Å². The Morgan fingerprint density at radius 3 is 2.29 bits per heavy atom. The number of aromatic nitrogens is 4. The monoisotopic (exact) mass is 523 g/mol. The number of benzene rings is 2. The standard InChI is InChI=1S/C26H26F2N6O2.CH5N/c1-15(2)25-30-22-20(32(25)3)11-9-18(24(22)33-13-4-5-14-33)29-26(36)19-10-12-21(35)34(31-19)23-16(27)7-6-8-17(23)28;1-2/h6-12,15H,4-5,13-14H2,1-3H3,(H,29,36);2H2,1H3. The molecule has 3 N–H and O–H groups in total. The summed E-state index contributed by atoms with van der Waals surface area (Å²) in [5.74, 6) is -1.37. The van der Waals surface area contributed by atoms with E-state index in [0.717, 1.165) is 66.7 Å². The van der Waals surface area contributed by atoms with Gasteiger partial charge in [0.05, 0.1) is 16.9 Å². The van der Waals surface area contributed by atoms with Crippen LogP contribution < -0.4 is 21.5 Å². The fourth-order valence-electron chi connectivity index (χ4n) is 4.71. The molecule has 0 radical (unpaired) electrons. The van der Waals surface area contributed by atoms with Crippen LogP contribution in [-0.4, -0.2) is 45.4 Å². The molecular weight excluding hydrogens is 492 g/mol. The zero-order valence-corrected chi connectivity index (χ0v) is 21.8. The van der Waals surface area contributed by atoms with Crippen molar-refractivity contribution in [3.8, 4) is 5.69 Å². The summed E-state index contributed by atoms with van der Waals surface area (Å²) >= 11 is 0. The molecule has 0 unspecified atom stereocenters. The van der Waals surface area contributed by atoms with Crippen LogP contribution in [0.25, 0.3) is 16.7 Å². The number of hydrogen-bond acceptors (Lipinski definition) is 6. The lowest BCUT2D eigenvalue weighted by molar-refractivity contribution is 0.102. The minimum atomic E-state index is -0.958. The lowest BCUT2D eigenvalue weighted by atomic mass is 10.2. The summed E-state index contributed by atoms with van der Waals surface area (Å²) in [4.78, 5) is 32.7. The first-order valence-electron chi connectivity index (χ1n) is 12.4. The molecular formula is C27H31F2N7O2. The number of halogens is 2. The van der Waals surface area contributed by atoms with Gasteiger partial charge in [0.25, 0.3) is 11.5 Å². The number of fused-ring (bicyclic) bond motifs is 1. The second-order valence-electron chi connectivity index (χ2n) is 9.20. The number of amides is 1. The first kappa shape index (κ1) is 26.9. The summed E-state index contributed by atoms with van der Waals surface area (Å²) in [6, 6.07) is 9.27. The Balaban J connectivity index is 0.00000164. The largest absolute Gasteiger partial charge is 0.368 e. The Morgan fingerprint density at radius 2 is 1.66 bits per heavy atom. The molecule has 1 aliphatic rings. The molecule has 2 aromatic carbocycles. The third-order valence-corrected chi connectivity index (χ3v) is 6.43. The van der Waals surface area contributed by atoms with E-state index in [-0.39, 0.29) is 11.6 Å². The van der Waals surface area contributed by atoms with Crippen molar-refractivity contribution in [1.82, 2.24) is 19.3 Å². The van der Waals surface area contributed by atoms with Crippen LogP contribution in [0.2, 0.25) is 0 Å². The lowest BCUT2D eigenvalue weighted by Gasteiger charge is -2.22. The van der Waals surface area contributed by atoms with Crippen molar-refractivity contribution in [2.75, 3.05) is 30.4 Å². The number of para-hydroxylation sites is 1. The number of nitrogens with zero attached hydrogens (tertiary/aromatic N) is 5. The predicted molar refractivity (Wildman–Crippen MR) is 144 cm³/mol.